The van der Waals surface area contributed by atoms with Crippen LogP contribution in [0.15, 0.2) is 42.5 Å². The van der Waals surface area contributed by atoms with Crippen LogP contribution in [0.4, 0.5) is 10.1 Å². The van der Waals surface area contributed by atoms with Crippen molar-refractivity contribution in [2.75, 3.05) is 31.6 Å². The van der Waals surface area contributed by atoms with Gasteiger partial charge in [-0.3, -0.25) is 4.79 Å². The maximum absolute atomic E-state index is 13.9. The number of hydrogen-bond acceptors (Lipinski definition) is 3. The molecular formula is C20H22ClFN2O2. The molecule has 6 heteroatoms. The number of ether oxygens (including phenoxy) is 1. The minimum Gasteiger partial charge on any atom is -0.485 e. The predicted octanol–water partition coefficient (Wildman–Crippen LogP) is 3.77. The summed E-state index contributed by atoms with van der Waals surface area (Å²) in [7, 11) is 1.71. The van der Waals surface area contributed by atoms with Crippen molar-refractivity contribution in [1.82, 2.24) is 4.90 Å². The highest BCUT2D eigenvalue weighted by Gasteiger charge is 2.27. The van der Waals surface area contributed by atoms with Crippen LogP contribution in [0.1, 0.15) is 12.5 Å². The molecule has 1 atom stereocenters. The van der Waals surface area contributed by atoms with E-state index >= 15 is 0 Å². The molecule has 26 heavy (non-hydrogen) atoms. The fourth-order valence-corrected chi connectivity index (χ4v) is 3.40. The molecular weight excluding hydrogens is 355 g/mol. The molecule has 1 amide bonds. The number of para-hydroxylation sites is 2. The van der Waals surface area contributed by atoms with E-state index in [1.54, 1.807) is 18.0 Å². The van der Waals surface area contributed by atoms with Gasteiger partial charge in [-0.1, -0.05) is 29.8 Å². The zero-order valence-electron chi connectivity index (χ0n) is 14.9. The lowest BCUT2D eigenvalue weighted by Crippen LogP contribution is -2.47. The van der Waals surface area contributed by atoms with Crippen LogP contribution in [0.25, 0.3) is 0 Å². The first-order valence-electron chi connectivity index (χ1n) is 8.67. The first-order valence-corrected chi connectivity index (χ1v) is 9.05. The molecule has 0 fully saturated rings. The number of nitrogens with zero attached hydrogens (tertiary/aromatic N) is 2. The maximum Gasteiger partial charge on any atom is 0.227 e. The molecule has 1 aliphatic heterocycles. The fraction of sp³-hybridized carbons (Fsp3) is 0.350. The van der Waals surface area contributed by atoms with Crippen molar-refractivity contribution in [1.29, 1.82) is 0 Å². The number of likely N-dealkylation sites (N-methyl/N-ethyl adjacent to an activating group) is 2. The van der Waals surface area contributed by atoms with Crippen LogP contribution in [-0.4, -0.2) is 43.6 Å². The van der Waals surface area contributed by atoms with E-state index in [0.717, 1.165) is 18.0 Å². The average Bonchev–Trinajstić information content (AvgIpc) is 2.64. The van der Waals surface area contributed by atoms with Gasteiger partial charge in [0.25, 0.3) is 0 Å². The number of fused-ring (bicyclic) bond motifs is 1. The summed E-state index contributed by atoms with van der Waals surface area (Å²) in [5.41, 5.74) is 1.30. The molecule has 3 rings (SSSR count). The number of amides is 1. The molecule has 0 N–H and O–H groups in total. The second-order valence-corrected chi connectivity index (χ2v) is 6.80. The molecule has 0 radical (unpaired) electrons. The molecule has 0 unspecified atom stereocenters. The number of rotatable bonds is 5. The monoisotopic (exact) mass is 376 g/mol. The van der Waals surface area contributed by atoms with Crippen LogP contribution < -0.4 is 9.64 Å². The second-order valence-electron chi connectivity index (χ2n) is 6.40. The van der Waals surface area contributed by atoms with Gasteiger partial charge in [0.2, 0.25) is 5.91 Å². The molecule has 0 aromatic heterocycles. The van der Waals surface area contributed by atoms with Crippen LogP contribution >= 0.6 is 11.6 Å². The molecule has 2 aromatic carbocycles. The standard InChI is InChI=1S/C20H22ClFN2O2/c1-3-24-13-14(26-19-10-5-4-9-18(19)24)12-23(2)20(25)11-15-16(21)7-6-8-17(15)22/h4-10,14H,3,11-13H2,1-2H3/t14-/m1/s1. The molecule has 0 bridgehead atoms. The van der Waals surface area contributed by atoms with Gasteiger partial charge in [-0.25, -0.2) is 4.39 Å². The number of carbonyl (C=O) groups excluding carboxylic acids is 1. The summed E-state index contributed by atoms with van der Waals surface area (Å²) in [6.07, 6.45) is -0.210. The van der Waals surface area contributed by atoms with E-state index in [2.05, 4.69) is 11.8 Å². The van der Waals surface area contributed by atoms with Gasteiger partial charge in [-0.2, -0.15) is 0 Å². The summed E-state index contributed by atoms with van der Waals surface area (Å²) in [4.78, 5) is 16.3. The topological polar surface area (TPSA) is 32.8 Å². The van der Waals surface area contributed by atoms with Crippen molar-refractivity contribution < 1.29 is 13.9 Å². The Morgan fingerprint density at radius 2 is 2.08 bits per heavy atom. The highest BCUT2D eigenvalue weighted by Crippen LogP contribution is 2.33. The Morgan fingerprint density at radius 1 is 1.31 bits per heavy atom. The van der Waals surface area contributed by atoms with E-state index in [4.69, 9.17) is 16.3 Å². The van der Waals surface area contributed by atoms with Crippen molar-refractivity contribution in [3.05, 3.63) is 58.9 Å². The van der Waals surface area contributed by atoms with E-state index in [1.807, 2.05) is 24.3 Å². The first-order chi connectivity index (χ1) is 12.5. The van der Waals surface area contributed by atoms with Gasteiger partial charge in [0.15, 0.2) is 0 Å². The maximum atomic E-state index is 13.9. The smallest absolute Gasteiger partial charge is 0.227 e. The lowest BCUT2D eigenvalue weighted by molar-refractivity contribution is -0.130. The average molecular weight is 377 g/mol. The van der Waals surface area contributed by atoms with Crippen LogP contribution in [0.3, 0.4) is 0 Å². The number of carbonyl (C=O) groups is 1. The fourth-order valence-electron chi connectivity index (χ4n) is 3.17. The van der Waals surface area contributed by atoms with Crippen molar-refractivity contribution in [2.24, 2.45) is 0 Å². The van der Waals surface area contributed by atoms with Crippen LogP contribution in [-0.2, 0) is 11.2 Å². The summed E-state index contributed by atoms with van der Waals surface area (Å²) in [6.45, 7) is 4.08. The molecule has 0 saturated heterocycles. The zero-order valence-corrected chi connectivity index (χ0v) is 15.7. The Kier molecular flexibility index (Phi) is 5.67. The molecule has 138 valence electrons. The van der Waals surface area contributed by atoms with Gasteiger partial charge in [0.1, 0.15) is 17.7 Å². The largest absolute Gasteiger partial charge is 0.485 e. The van der Waals surface area contributed by atoms with E-state index < -0.39 is 5.82 Å². The minimum absolute atomic E-state index is 0.0667. The molecule has 0 spiro atoms. The molecule has 0 aliphatic carbocycles. The van der Waals surface area contributed by atoms with Gasteiger partial charge >= 0.3 is 0 Å². The molecule has 4 nitrogen and oxygen atoms in total. The van der Waals surface area contributed by atoms with Crippen molar-refractivity contribution in [2.45, 2.75) is 19.4 Å². The lowest BCUT2D eigenvalue weighted by Gasteiger charge is -2.37. The van der Waals surface area contributed by atoms with E-state index in [9.17, 15) is 9.18 Å². The van der Waals surface area contributed by atoms with Crippen molar-refractivity contribution in [3.63, 3.8) is 0 Å². The number of halogens is 2. The van der Waals surface area contributed by atoms with Gasteiger partial charge < -0.3 is 14.5 Å². The summed E-state index contributed by atoms with van der Waals surface area (Å²) < 4.78 is 20.0. The van der Waals surface area contributed by atoms with Gasteiger partial charge in [0, 0.05) is 24.2 Å². The Balaban J connectivity index is 1.66. The zero-order chi connectivity index (χ0) is 18.7. The van der Waals surface area contributed by atoms with E-state index in [-0.39, 0.29) is 29.0 Å². The van der Waals surface area contributed by atoms with Gasteiger partial charge in [-0.15, -0.1) is 0 Å². The quantitative estimate of drug-likeness (QED) is 0.796. The summed E-state index contributed by atoms with van der Waals surface area (Å²) in [5, 5.41) is 0.270. The summed E-state index contributed by atoms with van der Waals surface area (Å²) >= 11 is 6.02. The predicted molar refractivity (Wildman–Crippen MR) is 101 cm³/mol. The van der Waals surface area contributed by atoms with Crippen molar-refractivity contribution >= 4 is 23.2 Å². The Labute approximate surface area is 158 Å². The number of benzene rings is 2. The minimum atomic E-state index is -0.459. The van der Waals surface area contributed by atoms with E-state index in [0.29, 0.717) is 13.1 Å². The Morgan fingerprint density at radius 3 is 2.81 bits per heavy atom. The van der Waals surface area contributed by atoms with Crippen LogP contribution in [0.2, 0.25) is 5.02 Å². The van der Waals surface area contributed by atoms with Crippen LogP contribution in [0, 0.1) is 5.82 Å². The van der Waals surface area contributed by atoms with Gasteiger partial charge in [-0.05, 0) is 31.2 Å². The third-order valence-electron chi connectivity index (χ3n) is 4.60. The summed E-state index contributed by atoms with van der Waals surface area (Å²) in [5.74, 6) is 0.172. The Bertz CT molecular complexity index is 779. The second kappa shape index (κ2) is 7.96. The first kappa shape index (κ1) is 18.5. The third kappa shape index (κ3) is 3.93. The normalized spacial score (nSPS) is 16.0. The van der Waals surface area contributed by atoms with Gasteiger partial charge in [0.05, 0.1) is 25.2 Å². The van der Waals surface area contributed by atoms with Crippen LogP contribution in [0.5, 0.6) is 5.75 Å². The lowest BCUT2D eigenvalue weighted by atomic mass is 10.1. The summed E-state index contributed by atoms with van der Waals surface area (Å²) in [6, 6.07) is 12.3. The Hall–Kier alpha value is -2.27. The number of anilines is 1. The molecule has 1 aliphatic rings. The third-order valence-corrected chi connectivity index (χ3v) is 4.95. The molecule has 1 heterocycles. The number of hydrogen-bond donors (Lipinski definition) is 0. The molecule has 2 aromatic rings. The molecule has 0 saturated carbocycles. The SMILES string of the molecule is CCN1C[C@@H](CN(C)C(=O)Cc2c(F)cccc2Cl)Oc2ccccc21. The van der Waals surface area contributed by atoms with Crippen molar-refractivity contribution in [3.8, 4) is 5.75 Å². The highest BCUT2D eigenvalue weighted by molar-refractivity contribution is 6.31. The highest BCUT2D eigenvalue weighted by atomic mass is 35.5. The van der Waals surface area contributed by atoms with E-state index in [1.165, 1.54) is 12.1 Å².